The average Bonchev–Trinajstić information content (AvgIpc) is 3.11. The van der Waals surface area contributed by atoms with Crippen LogP contribution in [0.1, 0.15) is 55.4 Å². The van der Waals surface area contributed by atoms with Gasteiger partial charge < -0.3 is 14.5 Å². The first-order valence-corrected chi connectivity index (χ1v) is 9.70. The van der Waals surface area contributed by atoms with E-state index in [9.17, 15) is 4.79 Å². The summed E-state index contributed by atoms with van der Waals surface area (Å²) in [6.45, 7) is 8.25. The molecule has 1 saturated heterocycles. The fourth-order valence-electron chi connectivity index (χ4n) is 3.85. The molecule has 27 heavy (non-hydrogen) atoms. The Bertz CT molecular complexity index is 847. The molecule has 1 N–H and O–H groups in total. The molecule has 1 fully saturated rings. The molecular formula is C21H29N3O3. The van der Waals surface area contributed by atoms with Crippen LogP contribution in [-0.2, 0) is 13.0 Å². The van der Waals surface area contributed by atoms with Gasteiger partial charge in [-0.2, -0.15) is 0 Å². The van der Waals surface area contributed by atoms with E-state index in [0.717, 1.165) is 60.1 Å². The lowest BCUT2D eigenvalue weighted by atomic mass is 10.1. The van der Waals surface area contributed by atoms with Gasteiger partial charge >= 0.3 is 0 Å². The predicted molar refractivity (Wildman–Crippen MR) is 106 cm³/mol. The van der Waals surface area contributed by atoms with Crippen LogP contribution in [0.25, 0.3) is 0 Å². The third-order valence-corrected chi connectivity index (χ3v) is 5.19. The zero-order valence-electron chi connectivity index (χ0n) is 16.7. The summed E-state index contributed by atoms with van der Waals surface area (Å²) in [5.41, 5.74) is 2.77. The summed E-state index contributed by atoms with van der Waals surface area (Å²) in [5, 5.41) is 0. The van der Waals surface area contributed by atoms with Gasteiger partial charge in [0, 0.05) is 17.8 Å². The number of aromatic nitrogens is 2. The first-order valence-electron chi connectivity index (χ1n) is 9.70. The topological polar surface area (TPSA) is 67.5 Å². The largest absolute Gasteiger partial charge is 0.493 e. The second-order valence-electron chi connectivity index (χ2n) is 6.92. The molecule has 1 aliphatic heterocycles. The Morgan fingerprint density at radius 1 is 1.30 bits per heavy atom. The highest BCUT2D eigenvalue weighted by Crippen LogP contribution is 2.33. The van der Waals surface area contributed by atoms with Gasteiger partial charge in [-0.15, -0.1) is 0 Å². The summed E-state index contributed by atoms with van der Waals surface area (Å²) < 4.78 is 11.1. The molecule has 0 spiro atoms. The molecule has 146 valence electrons. The molecule has 1 atom stereocenters. The summed E-state index contributed by atoms with van der Waals surface area (Å²) in [6, 6.07) is 6.20. The van der Waals surface area contributed by atoms with Crippen LogP contribution >= 0.6 is 0 Å². The lowest BCUT2D eigenvalue weighted by molar-refractivity contribution is 0.238. The molecule has 0 bridgehead atoms. The molecule has 1 aliphatic rings. The van der Waals surface area contributed by atoms with E-state index in [4.69, 9.17) is 14.5 Å². The number of benzene rings is 1. The van der Waals surface area contributed by atoms with E-state index < -0.39 is 0 Å². The normalized spacial score (nSPS) is 17.3. The van der Waals surface area contributed by atoms with Gasteiger partial charge in [0.25, 0.3) is 5.56 Å². The van der Waals surface area contributed by atoms with Crippen molar-refractivity contribution in [2.45, 2.75) is 52.6 Å². The maximum Gasteiger partial charge on any atom is 0.254 e. The van der Waals surface area contributed by atoms with Crippen LogP contribution in [0, 0.1) is 6.92 Å². The predicted octanol–water partition coefficient (Wildman–Crippen LogP) is 3.39. The van der Waals surface area contributed by atoms with Crippen molar-refractivity contribution < 1.29 is 9.47 Å². The lowest BCUT2D eigenvalue weighted by Crippen LogP contribution is -2.28. The molecular weight excluding hydrogens is 342 g/mol. The minimum absolute atomic E-state index is 0.00501. The van der Waals surface area contributed by atoms with Crippen LogP contribution in [0.2, 0.25) is 0 Å². The van der Waals surface area contributed by atoms with Crippen LogP contribution in [-0.4, -0.2) is 35.1 Å². The van der Waals surface area contributed by atoms with Gasteiger partial charge in [-0.3, -0.25) is 9.69 Å². The molecule has 2 aromatic rings. The number of likely N-dealkylation sites (tertiary alicyclic amines) is 1. The second kappa shape index (κ2) is 8.57. The molecule has 1 aromatic heterocycles. The summed E-state index contributed by atoms with van der Waals surface area (Å²) in [4.78, 5) is 22.5. The number of nitrogens with zero attached hydrogens (tertiary/aromatic N) is 2. The molecule has 1 unspecified atom stereocenters. The van der Waals surface area contributed by atoms with Crippen LogP contribution in [0.5, 0.6) is 11.5 Å². The van der Waals surface area contributed by atoms with Crippen molar-refractivity contribution >= 4 is 0 Å². The number of H-pyrrole nitrogens is 1. The highest BCUT2D eigenvalue weighted by atomic mass is 16.5. The Morgan fingerprint density at radius 2 is 2.11 bits per heavy atom. The molecule has 0 saturated carbocycles. The monoisotopic (exact) mass is 371 g/mol. The number of nitrogens with one attached hydrogen (secondary N) is 1. The highest BCUT2D eigenvalue weighted by molar-refractivity contribution is 5.43. The maximum atomic E-state index is 12.4. The molecule has 0 aliphatic carbocycles. The van der Waals surface area contributed by atoms with Gasteiger partial charge in [0.2, 0.25) is 0 Å². The third-order valence-electron chi connectivity index (χ3n) is 5.19. The van der Waals surface area contributed by atoms with Gasteiger partial charge in [-0.25, -0.2) is 4.98 Å². The van der Waals surface area contributed by atoms with Crippen molar-refractivity contribution in [3.63, 3.8) is 0 Å². The molecule has 0 radical (unpaired) electrons. The van der Waals surface area contributed by atoms with Crippen LogP contribution in [0.3, 0.4) is 0 Å². The van der Waals surface area contributed by atoms with Crippen molar-refractivity contribution in [1.29, 1.82) is 0 Å². The Morgan fingerprint density at radius 3 is 2.78 bits per heavy atom. The molecule has 6 heteroatoms. The Balaban J connectivity index is 1.82. The highest BCUT2D eigenvalue weighted by Gasteiger charge is 2.28. The standard InChI is InChI=1S/C21H29N3O3/c1-5-16-14(3)22-20(23-21(16)25)17-8-7-11-24(17)13-15-9-10-18(27-6-2)19(12-15)26-4/h9-10,12,17H,5-8,11,13H2,1-4H3,(H,22,23,25). The van der Waals surface area contributed by atoms with E-state index in [1.54, 1.807) is 7.11 Å². The van der Waals surface area contributed by atoms with Gasteiger partial charge in [0.15, 0.2) is 11.5 Å². The van der Waals surface area contributed by atoms with Gasteiger partial charge in [-0.1, -0.05) is 13.0 Å². The van der Waals surface area contributed by atoms with Gasteiger partial charge in [0.1, 0.15) is 5.82 Å². The van der Waals surface area contributed by atoms with E-state index in [0.29, 0.717) is 13.0 Å². The van der Waals surface area contributed by atoms with Crippen LogP contribution < -0.4 is 15.0 Å². The fourth-order valence-corrected chi connectivity index (χ4v) is 3.85. The number of aryl methyl sites for hydroxylation is 1. The quantitative estimate of drug-likeness (QED) is 0.808. The van der Waals surface area contributed by atoms with E-state index in [-0.39, 0.29) is 11.6 Å². The smallest absolute Gasteiger partial charge is 0.254 e. The van der Waals surface area contributed by atoms with Crippen molar-refractivity contribution in [2.24, 2.45) is 0 Å². The number of methoxy groups -OCH3 is 1. The number of ether oxygens (including phenoxy) is 2. The minimum Gasteiger partial charge on any atom is -0.493 e. The van der Waals surface area contributed by atoms with E-state index in [2.05, 4.69) is 16.0 Å². The zero-order valence-corrected chi connectivity index (χ0v) is 16.7. The number of aromatic amines is 1. The lowest BCUT2D eigenvalue weighted by Gasteiger charge is -2.24. The van der Waals surface area contributed by atoms with Crippen LogP contribution in [0.4, 0.5) is 0 Å². The molecule has 3 rings (SSSR count). The molecule has 6 nitrogen and oxygen atoms in total. The van der Waals surface area contributed by atoms with Crippen molar-refractivity contribution in [2.75, 3.05) is 20.3 Å². The molecule has 0 amide bonds. The summed E-state index contributed by atoms with van der Waals surface area (Å²) in [7, 11) is 1.66. The Hall–Kier alpha value is -2.34. The zero-order chi connectivity index (χ0) is 19.4. The number of rotatable bonds is 7. The Kier molecular flexibility index (Phi) is 6.16. The molecule has 2 heterocycles. The summed E-state index contributed by atoms with van der Waals surface area (Å²) >= 11 is 0. The summed E-state index contributed by atoms with van der Waals surface area (Å²) in [5.74, 6) is 2.29. The van der Waals surface area contributed by atoms with E-state index in [1.165, 1.54) is 0 Å². The second-order valence-corrected chi connectivity index (χ2v) is 6.92. The Labute approximate surface area is 160 Å². The minimum atomic E-state index is -0.00501. The van der Waals surface area contributed by atoms with Gasteiger partial charge in [-0.05, 0) is 57.4 Å². The first kappa shape index (κ1) is 19.4. The summed E-state index contributed by atoms with van der Waals surface area (Å²) in [6.07, 6.45) is 2.80. The van der Waals surface area contributed by atoms with E-state index in [1.807, 2.05) is 32.9 Å². The van der Waals surface area contributed by atoms with Crippen LogP contribution in [0.15, 0.2) is 23.0 Å². The van der Waals surface area contributed by atoms with Gasteiger partial charge in [0.05, 0.1) is 19.8 Å². The first-order chi connectivity index (χ1) is 13.1. The number of hydrogen-bond donors (Lipinski definition) is 1. The van der Waals surface area contributed by atoms with Crippen molar-refractivity contribution in [1.82, 2.24) is 14.9 Å². The fraction of sp³-hybridized carbons (Fsp3) is 0.524. The molecule has 1 aromatic carbocycles. The van der Waals surface area contributed by atoms with E-state index >= 15 is 0 Å². The SMILES string of the molecule is CCOc1ccc(CN2CCCC2c2nc(C)c(CC)c(=O)[nH]2)cc1OC. The van der Waals surface area contributed by atoms with Crippen molar-refractivity contribution in [3.05, 3.63) is 51.2 Å². The number of hydrogen-bond acceptors (Lipinski definition) is 5. The third kappa shape index (κ3) is 4.16. The average molecular weight is 371 g/mol. The maximum absolute atomic E-state index is 12.4. The van der Waals surface area contributed by atoms with Crippen molar-refractivity contribution in [3.8, 4) is 11.5 Å².